The van der Waals surface area contributed by atoms with E-state index in [9.17, 15) is 12.8 Å². The Morgan fingerprint density at radius 2 is 1.88 bits per heavy atom. The van der Waals surface area contributed by atoms with Gasteiger partial charge in [-0.05, 0) is 56.8 Å². The molecule has 2 aromatic heterocycles. The van der Waals surface area contributed by atoms with Gasteiger partial charge < -0.3 is 19.7 Å². The van der Waals surface area contributed by atoms with Crippen molar-refractivity contribution in [3.8, 4) is 5.75 Å². The van der Waals surface area contributed by atoms with Crippen LogP contribution in [0.25, 0.3) is 0 Å². The molecule has 0 amide bonds. The smallest absolute Gasteiger partial charge is 0.204 e. The maximum absolute atomic E-state index is 15.5. The van der Waals surface area contributed by atoms with E-state index in [1.807, 2.05) is 11.8 Å². The fourth-order valence-corrected chi connectivity index (χ4v) is 7.04. The molecule has 2 aromatic carbocycles. The average molecular weight is 651 g/mol. The first-order valence-corrected chi connectivity index (χ1v) is 15.8. The van der Waals surface area contributed by atoms with Gasteiger partial charge in [0.05, 0.1) is 39.9 Å². The molecule has 228 valence electrons. The van der Waals surface area contributed by atoms with E-state index in [0.717, 1.165) is 23.5 Å². The van der Waals surface area contributed by atoms with Gasteiger partial charge >= 0.3 is 0 Å². The number of aromatic amines is 1. The lowest BCUT2D eigenvalue weighted by molar-refractivity contribution is 0.122. The number of nitrogens with one attached hydrogen (secondary N) is 2. The van der Waals surface area contributed by atoms with E-state index in [1.54, 1.807) is 6.07 Å². The number of ether oxygens (including phenoxy) is 2. The van der Waals surface area contributed by atoms with Gasteiger partial charge in [0.1, 0.15) is 11.6 Å². The highest BCUT2D eigenvalue weighted by Gasteiger charge is 2.40. The first kappa shape index (κ1) is 31.0. The Kier molecular flexibility index (Phi) is 8.84. The number of methoxy groups -OCH3 is 1. The zero-order valence-corrected chi connectivity index (χ0v) is 26.1. The topological polar surface area (TPSA) is 122 Å². The molecule has 0 spiro atoms. The van der Waals surface area contributed by atoms with Crippen molar-refractivity contribution in [3.05, 3.63) is 70.4 Å². The van der Waals surface area contributed by atoms with Crippen molar-refractivity contribution in [1.29, 1.82) is 0 Å². The van der Waals surface area contributed by atoms with E-state index in [1.165, 1.54) is 51.3 Å². The van der Waals surface area contributed by atoms with E-state index in [0.29, 0.717) is 49.5 Å². The lowest BCUT2D eigenvalue weighted by Crippen LogP contribution is -2.37. The lowest BCUT2D eigenvalue weighted by atomic mass is 10.0. The monoisotopic (exact) mass is 650 g/mol. The first-order valence-electron chi connectivity index (χ1n) is 13.2. The molecule has 4 aromatic rings. The van der Waals surface area contributed by atoms with E-state index in [-0.39, 0.29) is 25.5 Å². The molecule has 2 N–H and O–H groups in total. The average Bonchev–Trinajstić information content (AvgIpc) is 3.39. The molecule has 5 rings (SSSR count). The highest BCUT2D eigenvalue weighted by atomic mass is 35.5. The molecular formula is C28H29ClF2N6O4S2. The fraction of sp³-hybridized carbons (Fsp3) is 0.321. The standard InChI is InChI=1S/C28H29ClF2N6O4S2/c1-16-14-22(36-35-16)32-25-24(40-4)26(37-10-12-41-13-11-37)34-27(33-25)42-21-9-8-17(15-20(21)30)43(38,39)28(2,3)18-6-5-7-19(29)23(18)31/h5-9,14-15H,10-13H2,1-4H3,(H2,32,33,34,35,36). The summed E-state index contributed by atoms with van der Waals surface area (Å²) in [6, 6.07) is 9.47. The van der Waals surface area contributed by atoms with Gasteiger partial charge in [0.25, 0.3) is 0 Å². The van der Waals surface area contributed by atoms with Gasteiger partial charge in [0.2, 0.25) is 5.75 Å². The number of benzene rings is 2. The third-order valence-electron chi connectivity index (χ3n) is 6.98. The summed E-state index contributed by atoms with van der Waals surface area (Å²) in [5.41, 5.74) is 0.713. The van der Waals surface area contributed by atoms with Crippen LogP contribution in [0.15, 0.2) is 57.4 Å². The summed E-state index contributed by atoms with van der Waals surface area (Å²) in [4.78, 5) is 11.0. The Labute approximate surface area is 257 Å². The van der Waals surface area contributed by atoms with E-state index in [2.05, 4.69) is 25.5 Å². The van der Waals surface area contributed by atoms with Crippen LogP contribution in [0.2, 0.25) is 5.02 Å². The minimum atomic E-state index is -4.25. The van der Waals surface area contributed by atoms with Crippen LogP contribution in [0.3, 0.4) is 0 Å². The van der Waals surface area contributed by atoms with Crippen molar-refractivity contribution >= 4 is 50.7 Å². The first-order chi connectivity index (χ1) is 20.4. The van der Waals surface area contributed by atoms with Crippen LogP contribution in [0.4, 0.5) is 26.2 Å². The number of morpholine rings is 1. The number of hydrogen-bond acceptors (Lipinski definition) is 10. The molecule has 1 fully saturated rings. The van der Waals surface area contributed by atoms with Crippen molar-refractivity contribution in [2.75, 3.05) is 43.6 Å². The van der Waals surface area contributed by atoms with Crippen LogP contribution < -0.4 is 15.0 Å². The van der Waals surface area contributed by atoms with Gasteiger partial charge in [-0.3, -0.25) is 5.10 Å². The van der Waals surface area contributed by atoms with Crippen molar-refractivity contribution in [1.82, 2.24) is 20.2 Å². The second-order valence-electron chi connectivity index (χ2n) is 10.2. The summed E-state index contributed by atoms with van der Waals surface area (Å²) < 4.78 is 67.0. The van der Waals surface area contributed by atoms with E-state index in [4.69, 9.17) is 21.1 Å². The number of H-pyrrole nitrogens is 1. The number of sulfone groups is 1. The molecule has 0 saturated carbocycles. The molecule has 15 heteroatoms. The van der Waals surface area contributed by atoms with Gasteiger partial charge in [-0.2, -0.15) is 5.10 Å². The maximum atomic E-state index is 15.5. The SMILES string of the molecule is COc1c(Nc2cc(C)[nH]n2)nc(Sc2ccc(S(=O)(=O)C(C)(C)c3cccc(Cl)c3F)cc2F)nc1N1CCOCC1. The van der Waals surface area contributed by atoms with Crippen molar-refractivity contribution < 1.29 is 26.7 Å². The Morgan fingerprint density at radius 3 is 2.53 bits per heavy atom. The quantitative estimate of drug-likeness (QED) is 0.212. The second kappa shape index (κ2) is 12.3. The van der Waals surface area contributed by atoms with Gasteiger partial charge in [-0.25, -0.2) is 27.2 Å². The lowest BCUT2D eigenvalue weighted by Gasteiger charge is -2.29. The Bertz CT molecular complexity index is 1760. The summed E-state index contributed by atoms with van der Waals surface area (Å²) in [6.45, 7) is 6.67. The van der Waals surface area contributed by atoms with Crippen LogP contribution in [0.1, 0.15) is 25.1 Å². The number of hydrogen-bond donors (Lipinski definition) is 2. The molecule has 0 unspecified atom stereocenters. The molecule has 10 nitrogen and oxygen atoms in total. The Morgan fingerprint density at radius 1 is 1.14 bits per heavy atom. The normalized spacial score (nSPS) is 14.2. The highest BCUT2D eigenvalue weighted by molar-refractivity contribution is 7.99. The molecule has 1 aliphatic rings. The highest BCUT2D eigenvalue weighted by Crippen LogP contribution is 2.41. The predicted octanol–water partition coefficient (Wildman–Crippen LogP) is 5.89. The zero-order chi connectivity index (χ0) is 30.9. The van der Waals surface area contributed by atoms with E-state index < -0.39 is 26.2 Å². The number of rotatable bonds is 9. The Balaban J connectivity index is 1.50. The largest absolute Gasteiger partial charge is 0.490 e. The molecule has 1 saturated heterocycles. The minimum absolute atomic E-state index is 0.0883. The summed E-state index contributed by atoms with van der Waals surface area (Å²) in [6.07, 6.45) is 0. The number of aromatic nitrogens is 4. The minimum Gasteiger partial charge on any atom is -0.490 e. The molecule has 0 radical (unpaired) electrons. The maximum Gasteiger partial charge on any atom is 0.204 e. The third-order valence-corrected chi connectivity index (χ3v) is 10.6. The van der Waals surface area contributed by atoms with Gasteiger partial charge in [-0.1, -0.05) is 23.7 Å². The van der Waals surface area contributed by atoms with E-state index >= 15 is 4.39 Å². The van der Waals surface area contributed by atoms with Crippen LogP contribution in [0.5, 0.6) is 5.75 Å². The summed E-state index contributed by atoms with van der Waals surface area (Å²) in [5, 5.41) is 10.2. The molecule has 0 aliphatic carbocycles. The summed E-state index contributed by atoms with van der Waals surface area (Å²) >= 11 is 6.82. The van der Waals surface area contributed by atoms with Crippen LogP contribution in [-0.4, -0.2) is 62.0 Å². The van der Waals surface area contributed by atoms with Crippen LogP contribution >= 0.6 is 23.4 Å². The fourth-order valence-electron chi connectivity index (χ4n) is 4.57. The zero-order valence-electron chi connectivity index (χ0n) is 23.7. The summed E-state index contributed by atoms with van der Waals surface area (Å²) in [5.74, 6) is 0.0359. The van der Waals surface area contributed by atoms with Gasteiger partial charge in [0.15, 0.2) is 32.4 Å². The number of halogens is 3. The van der Waals surface area contributed by atoms with Crippen LogP contribution in [0, 0.1) is 18.6 Å². The molecule has 3 heterocycles. The second-order valence-corrected chi connectivity index (χ2v) is 14.1. The third kappa shape index (κ3) is 6.14. The van der Waals surface area contributed by atoms with Crippen molar-refractivity contribution in [2.45, 2.75) is 40.5 Å². The number of anilines is 3. The predicted molar refractivity (Wildman–Crippen MR) is 160 cm³/mol. The van der Waals surface area contributed by atoms with Crippen molar-refractivity contribution in [3.63, 3.8) is 0 Å². The van der Waals surface area contributed by atoms with Gasteiger partial charge in [0, 0.05) is 30.4 Å². The number of nitrogens with zero attached hydrogens (tertiary/aromatic N) is 4. The Hall–Kier alpha value is -3.46. The summed E-state index contributed by atoms with van der Waals surface area (Å²) in [7, 11) is -2.74. The molecule has 1 aliphatic heterocycles. The van der Waals surface area contributed by atoms with Crippen molar-refractivity contribution in [2.24, 2.45) is 0 Å². The van der Waals surface area contributed by atoms with Crippen LogP contribution in [-0.2, 0) is 19.3 Å². The van der Waals surface area contributed by atoms with Gasteiger partial charge in [-0.15, -0.1) is 0 Å². The molecule has 0 bridgehead atoms. The molecule has 43 heavy (non-hydrogen) atoms. The molecule has 0 atom stereocenters. The number of aryl methyl sites for hydroxylation is 1. The molecular weight excluding hydrogens is 622 g/mol.